The Morgan fingerprint density at radius 2 is 2.09 bits per heavy atom. The van der Waals surface area contributed by atoms with Crippen molar-refractivity contribution in [1.82, 2.24) is 10.6 Å². The topological polar surface area (TPSA) is 61.4 Å². The van der Waals surface area contributed by atoms with Gasteiger partial charge in [0.25, 0.3) is 0 Å². The molecule has 0 saturated heterocycles. The van der Waals surface area contributed by atoms with Gasteiger partial charge in [-0.1, -0.05) is 26.0 Å². The first-order valence-electron chi connectivity index (χ1n) is 7.60. The Morgan fingerprint density at radius 3 is 2.86 bits per heavy atom. The van der Waals surface area contributed by atoms with Gasteiger partial charge in [0.15, 0.2) is 0 Å². The van der Waals surface area contributed by atoms with Crippen LogP contribution in [0.5, 0.6) is 0 Å². The second-order valence-corrected chi connectivity index (χ2v) is 6.88. The summed E-state index contributed by atoms with van der Waals surface area (Å²) in [5.41, 5.74) is 1.07. The van der Waals surface area contributed by atoms with E-state index in [-0.39, 0.29) is 12.5 Å². The summed E-state index contributed by atoms with van der Waals surface area (Å²) >= 11 is 1.81. The van der Waals surface area contributed by atoms with E-state index in [0.717, 1.165) is 24.4 Å². The number of carbonyl (C=O) groups is 2. The molecule has 1 aliphatic heterocycles. The van der Waals surface area contributed by atoms with Gasteiger partial charge in [-0.15, -0.1) is 11.8 Å². The molecule has 0 fully saturated rings. The first-order chi connectivity index (χ1) is 10.6. The van der Waals surface area contributed by atoms with Crippen LogP contribution < -0.4 is 15.5 Å². The molecule has 1 aliphatic rings. The third-order valence-corrected chi connectivity index (χ3v) is 4.44. The molecule has 0 bridgehead atoms. The number of fused-ring (bicyclic) bond motifs is 1. The van der Waals surface area contributed by atoms with Crippen molar-refractivity contribution in [2.75, 3.05) is 30.3 Å². The summed E-state index contributed by atoms with van der Waals surface area (Å²) in [7, 11) is 0. The van der Waals surface area contributed by atoms with Crippen LogP contribution in [0, 0.1) is 5.92 Å². The fraction of sp³-hybridized carbons (Fsp3) is 0.500. The molecule has 1 aromatic rings. The Morgan fingerprint density at radius 1 is 1.32 bits per heavy atom. The van der Waals surface area contributed by atoms with E-state index in [2.05, 4.69) is 16.7 Å². The van der Waals surface area contributed by atoms with Crippen molar-refractivity contribution >= 4 is 29.4 Å². The third-order valence-electron chi connectivity index (χ3n) is 3.29. The average molecular weight is 321 g/mol. The van der Waals surface area contributed by atoms with Crippen molar-refractivity contribution in [2.24, 2.45) is 5.92 Å². The van der Waals surface area contributed by atoms with E-state index < -0.39 is 6.03 Å². The average Bonchev–Trinajstić information content (AvgIpc) is 2.68. The molecule has 0 unspecified atom stereocenters. The van der Waals surface area contributed by atoms with Crippen molar-refractivity contribution in [2.45, 2.75) is 25.2 Å². The second-order valence-electron chi connectivity index (χ2n) is 5.74. The monoisotopic (exact) mass is 321 g/mol. The second kappa shape index (κ2) is 8.08. The number of nitrogens with one attached hydrogen (secondary N) is 2. The third kappa shape index (κ3) is 4.94. The maximum atomic E-state index is 12.1. The normalized spacial score (nSPS) is 14.2. The number of amides is 3. The smallest absolute Gasteiger partial charge is 0.321 e. The van der Waals surface area contributed by atoms with Gasteiger partial charge in [-0.25, -0.2) is 4.79 Å². The van der Waals surface area contributed by atoms with Crippen LogP contribution >= 0.6 is 11.8 Å². The highest BCUT2D eigenvalue weighted by atomic mass is 32.2. The van der Waals surface area contributed by atoms with Gasteiger partial charge in [0, 0.05) is 18.0 Å². The largest absolute Gasteiger partial charge is 0.361 e. The molecule has 6 heteroatoms. The molecule has 2 N–H and O–H groups in total. The van der Waals surface area contributed by atoms with Crippen molar-refractivity contribution in [1.29, 1.82) is 0 Å². The molecule has 1 aromatic carbocycles. The maximum absolute atomic E-state index is 12.1. The summed E-state index contributed by atoms with van der Waals surface area (Å²) in [6.07, 6.45) is 1.02. The molecule has 0 radical (unpaired) electrons. The number of imide groups is 1. The summed E-state index contributed by atoms with van der Waals surface area (Å²) in [6, 6.07) is 7.67. The SMILES string of the molecule is CC(C)CNC(=O)NC(=O)CN1CCCSc2ccccc21. The predicted octanol–water partition coefficient (Wildman–Crippen LogP) is 2.47. The Bertz CT molecular complexity index is 534. The fourth-order valence-corrected chi connectivity index (χ4v) is 3.26. The van der Waals surface area contributed by atoms with Crippen molar-refractivity contribution < 1.29 is 9.59 Å². The zero-order valence-corrected chi connectivity index (χ0v) is 13.9. The predicted molar refractivity (Wildman–Crippen MR) is 90.4 cm³/mol. The number of rotatable bonds is 4. The molecule has 3 amide bonds. The van der Waals surface area contributed by atoms with Gasteiger partial charge in [-0.3, -0.25) is 10.1 Å². The molecule has 22 heavy (non-hydrogen) atoms. The fourth-order valence-electron chi connectivity index (χ4n) is 2.24. The molecule has 0 saturated carbocycles. The van der Waals surface area contributed by atoms with Crippen LogP contribution in [0.15, 0.2) is 29.2 Å². The van der Waals surface area contributed by atoms with E-state index in [0.29, 0.717) is 12.5 Å². The Kier molecular flexibility index (Phi) is 6.12. The van der Waals surface area contributed by atoms with Crippen LogP contribution in [-0.4, -0.2) is 37.3 Å². The molecule has 0 atom stereocenters. The molecule has 0 spiro atoms. The van der Waals surface area contributed by atoms with Gasteiger partial charge < -0.3 is 10.2 Å². The number of benzene rings is 1. The van der Waals surface area contributed by atoms with Crippen LogP contribution in [0.3, 0.4) is 0 Å². The lowest BCUT2D eigenvalue weighted by Gasteiger charge is -2.23. The minimum Gasteiger partial charge on any atom is -0.361 e. The molecular formula is C16H23N3O2S. The van der Waals surface area contributed by atoms with Gasteiger partial charge in [0.2, 0.25) is 5.91 Å². The minimum atomic E-state index is -0.420. The molecule has 120 valence electrons. The molecule has 0 aromatic heterocycles. The summed E-state index contributed by atoms with van der Waals surface area (Å²) in [5.74, 6) is 1.13. The zero-order chi connectivity index (χ0) is 15.9. The number of hydrogen-bond donors (Lipinski definition) is 2. The van der Waals surface area contributed by atoms with E-state index in [1.54, 1.807) is 0 Å². The molecule has 5 nitrogen and oxygen atoms in total. The molecule has 2 rings (SSSR count). The van der Waals surface area contributed by atoms with Crippen molar-refractivity contribution in [3.63, 3.8) is 0 Å². The summed E-state index contributed by atoms with van der Waals surface area (Å²) in [5, 5.41) is 5.08. The van der Waals surface area contributed by atoms with E-state index in [1.807, 2.05) is 48.7 Å². The lowest BCUT2D eigenvalue weighted by Crippen LogP contribution is -2.45. The lowest BCUT2D eigenvalue weighted by atomic mass is 10.2. The first-order valence-corrected chi connectivity index (χ1v) is 8.59. The number of nitrogens with zero attached hydrogens (tertiary/aromatic N) is 1. The van der Waals surface area contributed by atoms with E-state index in [4.69, 9.17) is 0 Å². The van der Waals surface area contributed by atoms with Gasteiger partial charge in [0.1, 0.15) is 0 Å². The van der Waals surface area contributed by atoms with E-state index >= 15 is 0 Å². The highest BCUT2D eigenvalue weighted by molar-refractivity contribution is 7.99. The highest BCUT2D eigenvalue weighted by Gasteiger charge is 2.18. The Balaban J connectivity index is 1.92. The summed E-state index contributed by atoms with van der Waals surface area (Å²) in [6.45, 7) is 5.60. The zero-order valence-electron chi connectivity index (χ0n) is 13.1. The van der Waals surface area contributed by atoms with Crippen LogP contribution in [0.25, 0.3) is 0 Å². The quantitative estimate of drug-likeness (QED) is 0.894. The molecule has 0 aliphatic carbocycles. The van der Waals surface area contributed by atoms with Crippen LogP contribution in [0.4, 0.5) is 10.5 Å². The molecule has 1 heterocycles. The number of hydrogen-bond acceptors (Lipinski definition) is 4. The Hall–Kier alpha value is -1.69. The summed E-state index contributed by atoms with van der Waals surface area (Å²) < 4.78 is 0. The lowest BCUT2D eigenvalue weighted by molar-refractivity contribution is -0.118. The summed E-state index contributed by atoms with van der Waals surface area (Å²) in [4.78, 5) is 26.9. The maximum Gasteiger partial charge on any atom is 0.321 e. The molecular weight excluding hydrogens is 298 g/mol. The van der Waals surface area contributed by atoms with Crippen molar-refractivity contribution in [3.8, 4) is 0 Å². The van der Waals surface area contributed by atoms with Gasteiger partial charge in [-0.2, -0.15) is 0 Å². The van der Waals surface area contributed by atoms with Crippen LogP contribution in [0.2, 0.25) is 0 Å². The van der Waals surface area contributed by atoms with Gasteiger partial charge in [0.05, 0.1) is 12.2 Å². The first kappa shape index (κ1) is 16.7. The number of carbonyl (C=O) groups excluding carboxylic acids is 2. The number of para-hydroxylation sites is 1. The van der Waals surface area contributed by atoms with Gasteiger partial charge >= 0.3 is 6.03 Å². The van der Waals surface area contributed by atoms with Crippen LogP contribution in [0.1, 0.15) is 20.3 Å². The van der Waals surface area contributed by atoms with Crippen molar-refractivity contribution in [3.05, 3.63) is 24.3 Å². The number of thioether (sulfide) groups is 1. The van der Waals surface area contributed by atoms with Gasteiger partial charge in [-0.05, 0) is 30.2 Å². The van der Waals surface area contributed by atoms with Crippen LogP contribution in [-0.2, 0) is 4.79 Å². The number of anilines is 1. The number of urea groups is 1. The van der Waals surface area contributed by atoms with E-state index in [1.165, 1.54) is 4.90 Å². The standard InChI is InChI=1S/C16H23N3O2S/c1-12(2)10-17-16(21)18-15(20)11-19-8-5-9-22-14-7-4-3-6-13(14)19/h3-4,6-7,12H,5,8-11H2,1-2H3,(H2,17,18,20,21). The highest BCUT2D eigenvalue weighted by Crippen LogP contribution is 2.33. The minimum absolute atomic E-state index is 0.201. The Labute approximate surface area is 135 Å². The van der Waals surface area contributed by atoms with E-state index in [9.17, 15) is 9.59 Å².